The first-order valence-electron chi connectivity index (χ1n) is 16.7. The number of anilines is 2. The van der Waals surface area contributed by atoms with E-state index in [-0.39, 0.29) is 45.5 Å². The topological polar surface area (TPSA) is 166 Å². The third-order valence-corrected chi connectivity index (χ3v) is 10.7. The van der Waals surface area contributed by atoms with Crippen LogP contribution in [-0.2, 0) is 27.1 Å². The van der Waals surface area contributed by atoms with Crippen LogP contribution in [-0.4, -0.2) is 47.9 Å². The Kier molecular flexibility index (Phi) is 8.01. The number of fused-ring (bicyclic) bond motifs is 1. The molecule has 2 fully saturated rings. The Balaban J connectivity index is 1.07. The normalized spacial score (nSPS) is 18.9. The average Bonchev–Trinajstić information content (AvgIpc) is 4.06. The smallest absolute Gasteiger partial charge is 0.270 e. The van der Waals surface area contributed by atoms with Gasteiger partial charge in [0.05, 0.1) is 33.6 Å². The van der Waals surface area contributed by atoms with Gasteiger partial charge in [0.2, 0.25) is 11.9 Å². The van der Waals surface area contributed by atoms with Crippen molar-refractivity contribution in [1.82, 2.24) is 30.2 Å². The van der Waals surface area contributed by atoms with E-state index in [9.17, 15) is 29.1 Å². The van der Waals surface area contributed by atoms with Crippen LogP contribution in [0.4, 0.5) is 16.0 Å². The van der Waals surface area contributed by atoms with Gasteiger partial charge >= 0.3 is 0 Å². The molecule has 15 heteroatoms. The van der Waals surface area contributed by atoms with Crippen LogP contribution in [0.15, 0.2) is 79.3 Å². The maximum atomic E-state index is 14.4. The maximum absolute atomic E-state index is 14.4. The lowest BCUT2D eigenvalue weighted by atomic mass is 9.91. The number of carbonyl (C=O) groups excluding carboxylic acids is 3. The van der Waals surface area contributed by atoms with E-state index in [0.29, 0.717) is 42.6 Å². The average molecular weight is 752 g/mol. The third kappa shape index (κ3) is 5.84. The molecule has 3 aromatic carbocycles. The van der Waals surface area contributed by atoms with Crippen molar-refractivity contribution in [1.29, 1.82) is 5.26 Å². The second kappa shape index (κ2) is 12.4. The van der Waals surface area contributed by atoms with Crippen molar-refractivity contribution in [2.24, 2.45) is 0 Å². The van der Waals surface area contributed by atoms with Crippen molar-refractivity contribution in [2.45, 2.75) is 55.6 Å². The molecule has 8 rings (SSSR count). The summed E-state index contributed by atoms with van der Waals surface area (Å²) in [6.07, 6.45) is 6.80. The number of nitrogens with zero attached hydrogens (tertiary/aromatic N) is 6. The summed E-state index contributed by atoms with van der Waals surface area (Å²) in [7, 11) is 0. The molecule has 1 atom stereocenters. The molecule has 0 unspecified atom stereocenters. The summed E-state index contributed by atoms with van der Waals surface area (Å²) in [6.45, 7) is 1.66. The number of nitriles is 1. The first-order chi connectivity index (χ1) is 25.4. The number of hydrogen-bond acceptors (Lipinski definition) is 8. The van der Waals surface area contributed by atoms with Gasteiger partial charge in [-0.3, -0.25) is 19.0 Å². The minimum absolute atomic E-state index is 0.0275. The van der Waals surface area contributed by atoms with Gasteiger partial charge in [-0.05, 0) is 80.1 Å². The highest BCUT2D eigenvalue weighted by molar-refractivity contribution is 6.35. The number of nitrogens with one attached hydrogen (secondary N) is 2. The Labute approximate surface area is 312 Å². The van der Waals surface area contributed by atoms with E-state index in [2.05, 4.69) is 31.7 Å². The Morgan fingerprint density at radius 2 is 1.57 bits per heavy atom. The molecule has 3 N–H and O–H groups in total. The summed E-state index contributed by atoms with van der Waals surface area (Å²) >= 11 is 12.2. The summed E-state index contributed by atoms with van der Waals surface area (Å²) in [5, 5.41) is 24.3. The minimum atomic E-state index is -1.43. The molecule has 5 aromatic rings. The number of imidazole rings is 1. The first kappa shape index (κ1) is 34.3. The summed E-state index contributed by atoms with van der Waals surface area (Å²) in [6, 6.07) is 18.0. The third-order valence-electron chi connectivity index (χ3n) is 10.1. The lowest BCUT2D eigenvalue weighted by molar-refractivity contribution is -0.125. The van der Waals surface area contributed by atoms with E-state index in [1.807, 2.05) is 0 Å². The number of carbonyl (C=O) groups is 3. The van der Waals surface area contributed by atoms with Crippen LogP contribution in [0, 0.1) is 17.1 Å². The summed E-state index contributed by atoms with van der Waals surface area (Å²) in [5.41, 5.74) is -0.494. The van der Waals surface area contributed by atoms with Crippen LogP contribution in [0.25, 0.3) is 11.1 Å². The lowest BCUT2D eigenvalue weighted by Gasteiger charge is -2.27. The molecule has 2 saturated carbocycles. The lowest BCUT2D eigenvalue weighted by Crippen LogP contribution is -2.52. The molecule has 0 spiro atoms. The molecule has 2 aliphatic carbocycles. The van der Waals surface area contributed by atoms with E-state index >= 15 is 0 Å². The minimum Gasteiger partial charge on any atom is -0.508 e. The van der Waals surface area contributed by atoms with Crippen molar-refractivity contribution in [3.63, 3.8) is 0 Å². The molecule has 53 heavy (non-hydrogen) atoms. The highest BCUT2D eigenvalue weighted by Crippen LogP contribution is 2.47. The van der Waals surface area contributed by atoms with Crippen LogP contribution in [0.5, 0.6) is 5.75 Å². The van der Waals surface area contributed by atoms with Crippen molar-refractivity contribution in [3.05, 3.63) is 118 Å². The molecule has 1 aliphatic heterocycles. The highest BCUT2D eigenvalue weighted by Gasteiger charge is 2.58. The number of hydrogen-bond donors (Lipinski definition) is 3. The quantitative estimate of drug-likeness (QED) is 0.153. The van der Waals surface area contributed by atoms with Gasteiger partial charge in [-0.15, -0.1) is 0 Å². The van der Waals surface area contributed by atoms with Gasteiger partial charge in [-0.2, -0.15) is 5.26 Å². The second-order valence-corrected chi connectivity index (χ2v) is 14.6. The molecule has 0 saturated heterocycles. The Morgan fingerprint density at radius 1 is 0.925 bits per heavy atom. The van der Waals surface area contributed by atoms with Gasteiger partial charge in [0, 0.05) is 24.4 Å². The SMILES string of the molecule is C[C@@]1(Cc2ccc(C#N)cc2)C(=O)N(c2cc(Cl)c(F)c(Cl)c2)c2ncc(C(=O)NC3(C(=O)NC4(c5ncc(-c6ccc(O)cc6)cn5)CC4)CC3)n21. The Morgan fingerprint density at radius 3 is 2.15 bits per heavy atom. The van der Waals surface area contributed by atoms with Gasteiger partial charge in [-0.25, -0.2) is 24.2 Å². The largest absolute Gasteiger partial charge is 0.508 e. The van der Waals surface area contributed by atoms with Crippen LogP contribution < -0.4 is 15.5 Å². The zero-order valence-corrected chi connectivity index (χ0v) is 29.5. The standard InChI is InChI=1S/C38H29Cl2FN8O4/c1-36(16-21-2-4-22(17-42)5-3-21)34(53)48(25-14-27(39)30(41)28(40)15-25)35-45-20-29(49(35)36)31(51)46-38(12-13-38)33(52)47-37(10-11-37)32-43-18-24(19-44-32)23-6-8-26(50)9-7-23/h2-9,14-15,18-20,50H,10-13,16H2,1H3,(H,46,51)(H,47,52)/t36-/m1/s1. The molecule has 12 nitrogen and oxygen atoms in total. The Hall–Kier alpha value is -5.84. The number of aromatic nitrogens is 4. The van der Waals surface area contributed by atoms with Crippen molar-refractivity contribution >= 4 is 52.6 Å². The fraction of sp³-hybridized carbons (Fsp3) is 0.237. The van der Waals surface area contributed by atoms with E-state index in [0.717, 1.165) is 11.1 Å². The zero-order valence-electron chi connectivity index (χ0n) is 28.0. The van der Waals surface area contributed by atoms with E-state index in [1.165, 1.54) is 27.8 Å². The van der Waals surface area contributed by atoms with Crippen LogP contribution in [0.3, 0.4) is 0 Å². The molecule has 0 bridgehead atoms. The molecular weight excluding hydrogens is 722 g/mol. The fourth-order valence-corrected chi connectivity index (χ4v) is 7.26. The monoisotopic (exact) mass is 750 g/mol. The molecule has 266 valence electrons. The van der Waals surface area contributed by atoms with Crippen LogP contribution >= 0.6 is 23.2 Å². The molecule has 3 heterocycles. The van der Waals surface area contributed by atoms with Gasteiger partial charge in [0.25, 0.3) is 11.8 Å². The Bertz CT molecular complexity index is 2350. The summed E-state index contributed by atoms with van der Waals surface area (Å²) < 4.78 is 15.9. The number of rotatable bonds is 9. The van der Waals surface area contributed by atoms with Gasteiger partial charge in [0.1, 0.15) is 28.1 Å². The van der Waals surface area contributed by atoms with Crippen molar-refractivity contribution < 1.29 is 23.9 Å². The summed E-state index contributed by atoms with van der Waals surface area (Å²) in [5.74, 6) is -1.62. The molecule has 2 aromatic heterocycles. The summed E-state index contributed by atoms with van der Waals surface area (Å²) in [4.78, 5) is 57.2. The predicted molar refractivity (Wildman–Crippen MR) is 192 cm³/mol. The maximum Gasteiger partial charge on any atom is 0.270 e. The van der Waals surface area contributed by atoms with Crippen molar-refractivity contribution in [3.8, 4) is 22.9 Å². The van der Waals surface area contributed by atoms with E-state index < -0.39 is 34.2 Å². The van der Waals surface area contributed by atoms with Gasteiger partial charge < -0.3 is 15.7 Å². The van der Waals surface area contributed by atoms with Crippen LogP contribution in [0.1, 0.15) is 60.0 Å². The molecule has 3 aliphatic rings. The van der Waals surface area contributed by atoms with E-state index in [4.69, 9.17) is 23.2 Å². The number of phenols is 1. The first-order valence-corrected chi connectivity index (χ1v) is 17.5. The molecule has 0 radical (unpaired) electrons. The molecule has 3 amide bonds. The number of amides is 3. The van der Waals surface area contributed by atoms with Gasteiger partial charge in [-0.1, -0.05) is 47.5 Å². The van der Waals surface area contributed by atoms with Gasteiger partial charge in [0.15, 0.2) is 11.6 Å². The zero-order chi connectivity index (χ0) is 37.3. The number of benzene rings is 3. The van der Waals surface area contributed by atoms with Crippen molar-refractivity contribution in [2.75, 3.05) is 4.90 Å². The second-order valence-electron chi connectivity index (χ2n) is 13.8. The molecular formula is C38H29Cl2FN8O4. The predicted octanol–water partition coefficient (Wildman–Crippen LogP) is 6.07. The van der Waals surface area contributed by atoms with E-state index in [1.54, 1.807) is 67.8 Å². The number of halogens is 3. The highest BCUT2D eigenvalue weighted by atomic mass is 35.5. The number of aromatic hydroxyl groups is 1. The fourth-order valence-electron chi connectivity index (χ4n) is 6.79. The number of phenolic OH excluding ortho intramolecular Hbond substituents is 1. The van der Waals surface area contributed by atoms with Crippen LogP contribution in [0.2, 0.25) is 10.0 Å².